The Kier molecular flexibility index (Phi) is 6.16. The van der Waals surface area contributed by atoms with Crippen molar-refractivity contribution < 1.29 is 19.1 Å². The summed E-state index contributed by atoms with van der Waals surface area (Å²) in [5.41, 5.74) is 1.24. The molecule has 2 aromatic rings. The van der Waals surface area contributed by atoms with Crippen molar-refractivity contribution in [2.75, 3.05) is 33.4 Å². The Morgan fingerprint density at radius 3 is 2.37 bits per heavy atom. The van der Waals surface area contributed by atoms with Gasteiger partial charge in [0.25, 0.3) is 11.8 Å². The van der Waals surface area contributed by atoms with Gasteiger partial charge in [0.1, 0.15) is 12.4 Å². The number of hydrogen-bond donors (Lipinski definition) is 0. The van der Waals surface area contributed by atoms with Gasteiger partial charge in [0.05, 0.1) is 18.7 Å². The number of aromatic nitrogens is 1. The molecule has 30 heavy (non-hydrogen) atoms. The largest absolute Gasteiger partial charge is 0.491 e. The number of nitrogens with zero attached hydrogens (tertiary/aromatic N) is 3. The van der Waals surface area contributed by atoms with E-state index < -0.39 is 0 Å². The van der Waals surface area contributed by atoms with E-state index in [1.807, 2.05) is 34.1 Å². The summed E-state index contributed by atoms with van der Waals surface area (Å²) in [5, 5.41) is 0. The summed E-state index contributed by atoms with van der Waals surface area (Å²) >= 11 is 0. The number of rotatable bonds is 6. The Bertz CT molecular complexity index is 876. The third kappa shape index (κ3) is 4.40. The van der Waals surface area contributed by atoms with E-state index in [0.717, 1.165) is 38.8 Å². The van der Waals surface area contributed by atoms with E-state index in [4.69, 9.17) is 9.47 Å². The summed E-state index contributed by atoms with van der Waals surface area (Å²) < 4.78 is 11.0. The van der Waals surface area contributed by atoms with Crippen LogP contribution >= 0.6 is 0 Å². The molecule has 2 aliphatic rings. The molecule has 7 heteroatoms. The Labute approximate surface area is 176 Å². The van der Waals surface area contributed by atoms with Crippen molar-refractivity contribution in [3.8, 4) is 11.6 Å². The fourth-order valence-electron chi connectivity index (χ4n) is 4.06. The first-order valence-corrected chi connectivity index (χ1v) is 10.5. The van der Waals surface area contributed by atoms with Gasteiger partial charge < -0.3 is 19.3 Å². The van der Waals surface area contributed by atoms with Crippen molar-refractivity contribution in [3.05, 3.63) is 53.7 Å². The molecule has 158 valence electrons. The quantitative estimate of drug-likeness (QED) is 0.733. The Morgan fingerprint density at radius 2 is 1.70 bits per heavy atom. The van der Waals surface area contributed by atoms with E-state index in [2.05, 4.69) is 4.98 Å². The number of carbonyl (C=O) groups is 2. The fourth-order valence-corrected chi connectivity index (χ4v) is 4.06. The molecule has 0 bridgehead atoms. The lowest BCUT2D eigenvalue weighted by atomic mass is 10.2. The van der Waals surface area contributed by atoms with Gasteiger partial charge in [0.15, 0.2) is 0 Å². The second-order valence-corrected chi connectivity index (χ2v) is 7.72. The van der Waals surface area contributed by atoms with Gasteiger partial charge in [0.2, 0.25) is 5.88 Å². The second kappa shape index (κ2) is 9.15. The molecule has 2 fully saturated rings. The molecule has 3 heterocycles. The molecule has 7 nitrogen and oxygen atoms in total. The number of hydrogen-bond acceptors (Lipinski definition) is 5. The van der Waals surface area contributed by atoms with Crippen LogP contribution in [0.15, 0.2) is 42.6 Å². The molecule has 1 aromatic heterocycles. The normalized spacial score (nSPS) is 18.5. The topological polar surface area (TPSA) is 72.0 Å². The van der Waals surface area contributed by atoms with E-state index in [9.17, 15) is 9.59 Å². The van der Waals surface area contributed by atoms with Crippen LogP contribution in [-0.2, 0) is 0 Å². The number of pyridine rings is 1. The second-order valence-electron chi connectivity index (χ2n) is 7.72. The molecule has 0 N–H and O–H groups in total. The molecule has 4 rings (SSSR count). The lowest BCUT2D eigenvalue weighted by Crippen LogP contribution is -2.39. The van der Waals surface area contributed by atoms with Gasteiger partial charge in [0, 0.05) is 37.5 Å². The van der Waals surface area contributed by atoms with Crippen molar-refractivity contribution >= 4 is 11.8 Å². The molecule has 2 amide bonds. The van der Waals surface area contributed by atoms with Crippen molar-refractivity contribution in [3.63, 3.8) is 0 Å². The molecule has 0 aliphatic carbocycles. The van der Waals surface area contributed by atoms with Crippen molar-refractivity contribution in [1.82, 2.24) is 14.8 Å². The predicted octanol–water partition coefficient (Wildman–Crippen LogP) is 3.01. The van der Waals surface area contributed by atoms with E-state index in [-0.39, 0.29) is 17.9 Å². The van der Waals surface area contributed by atoms with E-state index in [1.54, 1.807) is 25.4 Å². The molecule has 2 saturated heterocycles. The van der Waals surface area contributed by atoms with Crippen LogP contribution in [0.1, 0.15) is 46.4 Å². The third-order valence-corrected chi connectivity index (χ3v) is 5.77. The average molecular weight is 409 g/mol. The maximum absolute atomic E-state index is 12.9. The van der Waals surface area contributed by atoms with Gasteiger partial charge in [-0.1, -0.05) is 0 Å². The van der Waals surface area contributed by atoms with E-state index in [0.29, 0.717) is 35.9 Å². The summed E-state index contributed by atoms with van der Waals surface area (Å²) in [4.78, 5) is 33.2. The van der Waals surface area contributed by atoms with E-state index >= 15 is 0 Å². The Hall–Kier alpha value is -3.09. The molecule has 1 aromatic carbocycles. The van der Waals surface area contributed by atoms with Crippen molar-refractivity contribution in [2.24, 2.45) is 0 Å². The van der Waals surface area contributed by atoms with Gasteiger partial charge in [-0.05, 0) is 56.0 Å². The molecule has 0 radical (unpaired) electrons. The number of benzene rings is 1. The first-order valence-electron chi connectivity index (χ1n) is 10.5. The molecule has 1 atom stereocenters. The molecule has 0 spiro atoms. The minimum atomic E-state index is -0.0391. The van der Waals surface area contributed by atoms with Crippen LogP contribution in [0.2, 0.25) is 0 Å². The molecular weight excluding hydrogens is 382 g/mol. The number of methoxy groups -OCH3 is 1. The summed E-state index contributed by atoms with van der Waals surface area (Å²) in [6.45, 7) is 2.82. The number of likely N-dealkylation sites (tertiary alicyclic amines) is 2. The molecule has 0 saturated carbocycles. The lowest BCUT2D eigenvalue weighted by molar-refractivity contribution is 0.0690. The third-order valence-electron chi connectivity index (χ3n) is 5.77. The first-order chi connectivity index (χ1) is 14.7. The molecular formula is C23H27N3O4. The summed E-state index contributed by atoms with van der Waals surface area (Å²) in [6.07, 6.45) is 5.56. The van der Waals surface area contributed by atoms with Crippen molar-refractivity contribution in [1.29, 1.82) is 0 Å². The Morgan fingerprint density at radius 1 is 0.967 bits per heavy atom. The zero-order chi connectivity index (χ0) is 20.9. The standard InChI is InChI=1S/C23H27N3O4/c1-29-21-11-8-18(15-24-21)23(28)26-14-4-5-19(26)16-30-20-9-6-17(7-10-20)22(27)25-12-2-3-13-25/h6-11,15,19H,2-5,12-14,16H2,1H3. The van der Waals surface area contributed by atoms with Crippen molar-refractivity contribution in [2.45, 2.75) is 31.7 Å². The highest BCUT2D eigenvalue weighted by Crippen LogP contribution is 2.23. The Balaban J connectivity index is 1.34. The van der Waals surface area contributed by atoms with Crippen LogP contribution < -0.4 is 9.47 Å². The van der Waals surface area contributed by atoms with Gasteiger partial charge in [-0.2, -0.15) is 0 Å². The number of carbonyl (C=O) groups excluding carboxylic acids is 2. The highest BCUT2D eigenvalue weighted by atomic mass is 16.5. The van der Waals surface area contributed by atoms with Crippen LogP contribution in [0, 0.1) is 0 Å². The first kappa shape index (κ1) is 20.2. The van der Waals surface area contributed by atoms with Gasteiger partial charge in [-0.15, -0.1) is 0 Å². The zero-order valence-electron chi connectivity index (χ0n) is 17.3. The lowest BCUT2D eigenvalue weighted by Gasteiger charge is -2.25. The minimum Gasteiger partial charge on any atom is -0.491 e. The maximum Gasteiger partial charge on any atom is 0.255 e. The van der Waals surface area contributed by atoms with Crippen LogP contribution in [0.3, 0.4) is 0 Å². The molecule has 1 unspecified atom stereocenters. The monoisotopic (exact) mass is 409 g/mol. The summed E-state index contributed by atoms with van der Waals surface area (Å²) in [5.74, 6) is 1.24. The zero-order valence-corrected chi connectivity index (χ0v) is 17.3. The summed E-state index contributed by atoms with van der Waals surface area (Å²) in [7, 11) is 1.55. The van der Waals surface area contributed by atoms with Crippen LogP contribution in [0.25, 0.3) is 0 Å². The predicted molar refractivity (Wildman–Crippen MR) is 112 cm³/mol. The van der Waals surface area contributed by atoms with Gasteiger partial charge in [-0.3, -0.25) is 9.59 Å². The van der Waals surface area contributed by atoms with Gasteiger partial charge >= 0.3 is 0 Å². The minimum absolute atomic E-state index is 0.0190. The smallest absolute Gasteiger partial charge is 0.255 e. The van der Waals surface area contributed by atoms with Crippen LogP contribution in [-0.4, -0.2) is 66.0 Å². The highest BCUT2D eigenvalue weighted by Gasteiger charge is 2.30. The maximum atomic E-state index is 12.9. The van der Waals surface area contributed by atoms with Crippen LogP contribution in [0.4, 0.5) is 0 Å². The highest BCUT2D eigenvalue weighted by molar-refractivity contribution is 5.95. The molecule has 2 aliphatic heterocycles. The SMILES string of the molecule is COc1ccc(C(=O)N2CCCC2COc2ccc(C(=O)N3CCCC3)cc2)cn1. The number of ether oxygens (including phenoxy) is 2. The number of amides is 2. The fraction of sp³-hybridized carbons (Fsp3) is 0.435. The average Bonchev–Trinajstić information content (AvgIpc) is 3.49. The van der Waals surface area contributed by atoms with E-state index in [1.165, 1.54) is 0 Å². The van der Waals surface area contributed by atoms with Crippen LogP contribution in [0.5, 0.6) is 11.6 Å². The van der Waals surface area contributed by atoms with Gasteiger partial charge in [-0.25, -0.2) is 4.98 Å². The summed E-state index contributed by atoms with van der Waals surface area (Å²) in [6, 6.07) is 10.7.